The van der Waals surface area contributed by atoms with E-state index in [1.165, 1.54) is 51.9 Å². The van der Waals surface area contributed by atoms with Crippen LogP contribution in [0.15, 0.2) is 68.5 Å². The smallest absolute Gasteiger partial charge is 0.344 e. The highest BCUT2D eigenvalue weighted by Crippen LogP contribution is 2.45. The van der Waals surface area contributed by atoms with Crippen LogP contribution in [0.3, 0.4) is 0 Å². The summed E-state index contributed by atoms with van der Waals surface area (Å²) in [6.07, 6.45) is 2.14. The summed E-state index contributed by atoms with van der Waals surface area (Å²) in [5.74, 6) is 0.989. The molecule has 1 aromatic heterocycles. The molecule has 4 rings (SSSR count). The first-order valence-corrected chi connectivity index (χ1v) is 11.7. The van der Waals surface area contributed by atoms with Gasteiger partial charge in [0.15, 0.2) is 11.5 Å². The molecule has 1 heterocycles. The lowest BCUT2D eigenvalue weighted by atomic mass is 10.1. The maximum atomic E-state index is 13.0. The Hall–Kier alpha value is -3.98. The molecule has 36 heavy (non-hydrogen) atoms. The number of hydrogen-bond acceptors (Lipinski definition) is 8. The Morgan fingerprint density at radius 2 is 1.58 bits per heavy atom. The molecule has 3 aromatic carbocycles. The molecule has 0 fully saturated rings. The van der Waals surface area contributed by atoms with Crippen LogP contribution < -0.4 is 29.1 Å². The lowest BCUT2D eigenvalue weighted by Gasteiger charge is -2.16. The molecule has 0 bridgehead atoms. The fraction of sp³-hybridized carbons (Fsp3) is 0.185. The largest absolute Gasteiger partial charge is 0.493 e. The topological polar surface area (TPSA) is 93.4 Å². The molecule has 4 aromatic rings. The van der Waals surface area contributed by atoms with Gasteiger partial charge >= 0.3 is 5.97 Å². The highest BCUT2D eigenvalue weighted by molar-refractivity contribution is 9.10. The zero-order chi connectivity index (χ0) is 25.8. The molecule has 0 amide bonds. The van der Waals surface area contributed by atoms with Crippen molar-refractivity contribution in [3.8, 4) is 34.5 Å². The van der Waals surface area contributed by atoms with E-state index in [1.807, 2.05) is 12.1 Å². The summed E-state index contributed by atoms with van der Waals surface area (Å²) in [6.45, 7) is 2.06. The number of ether oxygens (including phenoxy) is 5. The van der Waals surface area contributed by atoms with Crippen molar-refractivity contribution in [3.63, 3.8) is 0 Å². The minimum Gasteiger partial charge on any atom is -0.493 e. The minimum atomic E-state index is -0.682. The monoisotopic (exact) mass is 554 g/mol. The molecule has 0 radical (unpaired) electrons. The van der Waals surface area contributed by atoms with Gasteiger partial charge in [-0.25, -0.2) is 4.79 Å². The maximum Gasteiger partial charge on any atom is 0.344 e. The van der Waals surface area contributed by atoms with Crippen molar-refractivity contribution in [3.05, 3.63) is 80.6 Å². The highest BCUT2D eigenvalue weighted by atomic mass is 79.9. The summed E-state index contributed by atoms with van der Waals surface area (Å²) in [6, 6.07) is 13.4. The molecule has 8 nitrogen and oxygen atoms in total. The molecular weight excluding hydrogens is 532 g/mol. The number of halogens is 1. The van der Waals surface area contributed by atoms with Crippen LogP contribution in [0.4, 0.5) is 0 Å². The molecule has 0 saturated carbocycles. The molecule has 0 spiro atoms. The fourth-order valence-electron chi connectivity index (χ4n) is 3.58. The molecule has 0 aliphatic carbocycles. The summed E-state index contributed by atoms with van der Waals surface area (Å²) >= 11 is 3.37. The predicted molar refractivity (Wildman–Crippen MR) is 137 cm³/mol. The SMILES string of the molecule is CCc1ccc(Oc2coc3cc(OC(=O)c4cc(OC)c(OC)c(OC)c4Br)ccc3c2=O)cc1. The van der Waals surface area contributed by atoms with E-state index in [4.69, 9.17) is 28.1 Å². The summed E-state index contributed by atoms with van der Waals surface area (Å²) in [5.41, 5.74) is 1.21. The number of carbonyl (C=O) groups is 1. The van der Waals surface area contributed by atoms with Gasteiger partial charge in [-0.3, -0.25) is 4.79 Å². The molecule has 0 aliphatic heterocycles. The Morgan fingerprint density at radius 3 is 2.22 bits per heavy atom. The Morgan fingerprint density at radius 1 is 0.889 bits per heavy atom. The quantitative estimate of drug-likeness (QED) is 0.189. The van der Waals surface area contributed by atoms with Crippen molar-refractivity contribution in [2.75, 3.05) is 21.3 Å². The standard InChI is InChI=1S/C27H23BrO8/c1-5-15-6-8-16(9-7-15)35-22-14-34-20-12-17(10-11-18(20)24(22)29)36-27(30)19-13-21(31-2)25(32-3)26(33-4)23(19)28/h6-14H,5H2,1-4H3. The van der Waals surface area contributed by atoms with E-state index in [0.29, 0.717) is 21.7 Å². The number of methoxy groups -OCH3 is 3. The first-order valence-electron chi connectivity index (χ1n) is 10.9. The van der Waals surface area contributed by atoms with Gasteiger partial charge in [0, 0.05) is 6.07 Å². The summed E-state index contributed by atoms with van der Waals surface area (Å²) in [5, 5.41) is 0.284. The predicted octanol–water partition coefficient (Wildman–Crippen LogP) is 6.16. The van der Waals surface area contributed by atoms with E-state index >= 15 is 0 Å². The van der Waals surface area contributed by atoms with Gasteiger partial charge in [-0.15, -0.1) is 0 Å². The Bertz CT molecular complexity index is 1470. The third-order valence-corrected chi connectivity index (χ3v) is 6.26. The van der Waals surface area contributed by atoms with Crippen molar-refractivity contribution < 1.29 is 32.9 Å². The van der Waals surface area contributed by atoms with Gasteiger partial charge in [0.2, 0.25) is 16.9 Å². The zero-order valence-electron chi connectivity index (χ0n) is 20.0. The number of fused-ring (bicyclic) bond motifs is 1. The molecule has 186 valence electrons. The van der Waals surface area contributed by atoms with Crippen molar-refractivity contribution in [2.24, 2.45) is 0 Å². The van der Waals surface area contributed by atoms with Gasteiger partial charge in [0.25, 0.3) is 0 Å². The van der Waals surface area contributed by atoms with Gasteiger partial charge in [0.1, 0.15) is 23.3 Å². The second-order valence-electron chi connectivity index (χ2n) is 7.58. The first kappa shape index (κ1) is 25.1. The van der Waals surface area contributed by atoms with Crippen LogP contribution in [0.5, 0.6) is 34.5 Å². The average molecular weight is 555 g/mol. The van der Waals surface area contributed by atoms with Crippen LogP contribution in [0.2, 0.25) is 0 Å². The van der Waals surface area contributed by atoms with Gasteiger partial charge in [-0.05, 0) is 58.2 Å². The fourth-order valence-corrected chi connectivity index (χ4v) is 4.19. The van der Waals surface area contributed by atoms with Crippen LogP contribution in [0.25, 0.3) is 11.0 Å². The number of hydrogen-bond donors (Lipinski definition) is 0. The first-order chi connectivity index (χ1) is 17.4. The highest BCUT2D eigenvalue weighted by Gasteiger charge is 2.24. The summed E-state index contributed by atoms with van der Waals surface area (Å²) in [7, 11) is 4.36. The van der Waals surface area contributed by atoms with Gasteiger partial charge in [-0.1, -0.05) is 19.1 Å². The lowest BCUT2D eigenvalue weighted by Crippen LogP contribution is -2.11. The van der Waals surface area contributed by atoms with Crippen LogP contribution in [-0.4, -0.2) is 27.3 Å². The normalized spacial score (nSPS) is 10.7. The summed E-state index contributed by atoms with van der Waals surface area (Å²) < 4.78 is 33.2. The zero-order valence-corrected chi connectivity index (χ0v) is 21.6. The van der Waals surface area contributed by atoms with Crippen molar-refractivity contribution in [1.29, 1.82) is 0 Å². The molecular formula is C27H23BrO8. The van der Waals surface area contributed by atoms with E-state index in [1.54, 1.807) is 12.1 Å². The van der Waals surface area contributed by atoms with Crippen LogP contribution in [-0.2, 0) is 6.42 Å². The number of benzene rings is 3. The Balaban J connectivity index is 1.61. The van der Waals surface area contributed by atoms with E-state index in [0.717, 1.165) is 12.0 Å². The van der Waals surface area contributed by atoms with Crippen molar-refractivity contribution in [2.45, 2.75) is 13.3 Å². The van der Waals surface area contributed by atoms with Crippen molar-refractivity contribution >= 4 is 32.9 Å². The van der Waals surface area contributed by atoms with Crippen molar-refractivity contribution in [1.82, 2.24) is 0 Å². The Kier molecular flexibility index (Phi) is 7.49. The van der Waals surface area contributed by atoms with E-state index < -0.39 is 5.97 Å². The van der Waals surface area contributed by atoms with Crippen LogP contribution >= 0.6 is 15.9 Å². The second kappa shape index (κ2) is 10.7. The summed E-state index contributed by atoms with van der Waals surface area (Å²) in [4.78, 5) is 25.9. The minimum absolute atomic E-state index is 0.0536. The lowest BCUT2D eigenvalue weighted by molar-refractivity contribution is 0.0733. The molecule has 0 aliphatic rings. The third kappa shape index (κ3) is 4.87. The molecule has 0 saturated heterocycles. The van der Waals surface area contributed by atoms with Crippen LogP contribution in [0.1, 0.15) is 22.8 Å². The third-order valence-electron chi connectivity index (χ3n) is 5.47. The van der Waals surface area contributed by atoms with E-state index in [9.17, 15) is 9.59 Å². The van der Waals surface area contributed by atoms with Crippen LogP contribution in [0, 0.1) is 0 Å². The maximum absolute atomic E-state index is 13.0. The van der Waals surface area contributed by atoms with E-state index in [2.05, 4.69) is 22.9 Å². The van der Waals surface area contributed by atoms with Gasteiger partial charge in [-0.2, -0.15) is 0 Å². The number of esters is 1. The van der Waals surface area contributed by atoms with Gasteiger partial charge in [0.05, 0.1) is 36.8 Å². The Labute approximate surface area is 215 Å². The average Bonchev–Trinajstić information content (AvgIpc) is 2.90. The molecule has 0 atom stereocenters. The number of carbonyl (C=O) groups excluding carboxylic acids is 1. The number of rotatable bonds is 8. The van der Waals surface area contributed by atoms with E-state index in [-0.39, 0.29) is 39.2 Å². The number of aryl methyl sites for hydroxylation is 1. The second-order valence-corrected chi connectivity index (χ2v) is 8.38. The molecule has 0 unspecified atom stereocenters. The molecule has 9 heteroatoms. The van der Waals surface area contributed by atoms with Gasteiger partial charge < -0.3 is 28.1 Å². The molecule has 0 N–H and O–H groups in total.